The van der Waals surface area contributed by atoms with E-state index in [1.54, 1.807) is 60.7 Å². The van der Waals surface area contributed by atoms with Crippen molar-refractivity contribution in [3.8, 4) is 5.75 Å². The maximum absolute atomic E-state index is 14.2. The number of carboxylic acid groups (broad SMARTS) is 1. The highest BCUT2D eigenvalue weighted by molar-refractivity contribution is 7.80. The number of nitrogens with one attached hydrogen (secondary N) is 9. The van der Waals surface area contributed by atoms with Gasteiger partial charge in [-0.2, -0.15) is 25.3 Å². The average molecular weight is 1120 g/mol. The van der Waals surface area contributed by atoms with Gasteiger partial charge in [0.2, 0.25) is 59.1 Å². The molecule has 0 aliphatic rings. The third-order valence-corrected chi connectivity index (χ3v) is 11.9. The van der Waals surface area contributed by atoms with Gasteiger partial charge >= 0.3 is 5.97 Å². The predicted molar refractivity (Wildman–Crippen MR) is 290 cm³/mol. The van der Waals surface area contributed by atoms with Gasteiger partial charge in [-0.15, -0.1) is 0 Å². The molecule has 0 aliphatic carbocycles. The van der Waals surface area contributed by atoms with Crippen molar-refractivity contribution in [1.29, 1.82) is 0 Å². The Labute approximate surface area is 459 Å². The SMILES string of the molecule is NC(=O)C[C@H](NC(=O)[C@@H](N)CS)C(=O)N[C@@H](CS)C(=O)NCC(=O)NCC(=O)N[C@@H](CCCN=C(N)N)C(=O)NCC(=O)N[C@@H](Cc1ccccc1)C(=O)N[C@@H](Cc1ccccc1)C(=O)N[C@@H](Cc1ccc(O)cc1)C(=O)O. The second-order valence-electron chi connectivity index (χ2n) is 17.4. The molecule has 0 aliphatic heterocycles. The number of benzene rings is 3. The molecule has 7 atom stereocenters. The number of phenolic OH excluding ortho intramolecular Hbond substituents is 1. The summed E-state index contributed by atoms with van der Waals surface area (Å²) in [4.78, 5) is 147. The Morgan fingerprint density at radius 3 is 1.44 bits per heavy atom. The minimum absolute atomic E-state index is 0.0340. The first kappa shape index (κ1) is 63.8. The Morgan fingerprint density at radius 1 is 0.487 bits per heavy atom. The number of aromatic hydroxyl groups is 1. The molecule has 0 saturated heterocycles. The number of hydrogen-bond donors (Lipinski definition) is 17. The number of hydrogen-bond acceptors (Lipinski definition) is 16. The topological polar surface area (TPSA) is 453 Å². The van der Waals surface area contributed by atoms with Crippen LogP contribution in [0.2, 0.25) is 0 Å². The van der Waals surface area contributed by atoms with E-state index in [2.05, 4.69) is 78.1 Å². The monoisotopic (exact) mass is 1120 g/mol. The summed E-state index contributed by atoms with van der Waals surface area (Å²) in [6, 6.07) is 13.3. The van der Waals surface area contributed by atoms with E-state index >= 15 is 0 Å². The molecule has 19 N–H and O–H groups in total. The van der Waals surface area contributed by atoms with Crippen LogP contribution in [0.4, 0.5) is 0 Å². The number of guanidine groups is 1. The Bertz CT molecular complexity index is 2580. The van der Waals surface area contributed by atoms with E-state index in [1.165, 1.54) is 24.3 Å². The number of phenols is 1. The summed E-state index contributed by atoms with van der Waals surface area (Å²) in [7, 11) is 0. The maximum Gasteiger partial charge on any atom is 0.326 e. The number of primary amides is 1. The smallest absolute Gasteiger partial charge is 0.326 e. The van der Waals surface area contributed by atoms with Crippen molar-refractivity contribution in [1.82, 2.24) is 47.9 Å². The van der Waals surface area contributed by atoms with Gasteiger partial charge in [-0.05, 0) is 41.7 Å². The fourth-order valence-electron chi connectivity index (χ4n) is 7.05. The van der Waals surface area contributed by atoms with Crippen molar-refractivity contribution in [3.63, 3.8) is 0 Å². The number of aliphatic carboxylic acids is 1. The first-order chi connectivity index (χ1) is 37.1. The van der Waals surface area contributed by atoms with Gasteiger partial charge in [0, 0.05) is 37.3 Å². The van der Waals surface area contributed by atoms with E-state index in [0.29, 0.717) is 16.7 Å². The lowest BCUT2D eigenvalue weighted by atomic mass is 10.0. The van der Waals surface area contributed by atoms with Gasteiger partial charge in [-0.3, -0.25) is 52.9 Å². The van der Waals surface area contributed by atoms with E-state index in [1.807, 2.05) is 0 Å². The fourth-order valence-corrected chi connectivity index (χ4v) is 7.48. The molecule has 3 aromatic carbocycles. The molecule has 422 valence electrons. The number of amides is 10. The first-order valence-electron chi connectivity index (χ1n) is 24.1. The lowest BCUT2D eigenvalue weighted by molar-refractivity contribution is -0.142. The molecule has 10 amide bonds. The van der Waals surface area contributed by atoms with Crippen LogP contribution in [-0.2, 0) is 72.0 Å². The Morgan fingerprint density at radius 2 is 0.923 bits per heavy atom. The van der Waals surface area contributed by atoms with Gasteiger partial charge in [0.15, 0.2) is 5.96 Å². The summed E-state index contributed by atoms with van der Waals surface area (Å²) in [6.45, 7) is -2.11. The molecule has 3 rings (SSSR count). The van der Waals surface area contributed by atoms with Crippen LogP contribution >= 0.6 is 25.3 Å². The fraction of sp³-hybridized carbons (Fsp3) is 0.388. The van der Waals surface area contributed by atoms with Crippen molar-refractivity contribution in [2.75, 3.05) is 37.7 Å². The molecule has 3 aromatic rings. The van der Waals surface area contributed by atoms with E-state index in [0.717, 1.165) is 0 Å². The van der Waals surface area contributed by atoms with E-state index in [9.17, 15) is 63.0 Å². The number of carboxylic acids is 1. The molecule has 0 radical (unpaired) electrons. The average Bonchev–Trinajstić information content (AvgIpc) is 3.41. The second-order valence-corrected chi connectivity index (χ2v) is 18.1. The number of rotatable bonds is 33. The number of aliphatic imine (C=N–C) groups is 1. The van der Waals surface area contributed by atoms with Crippen LogP contribution in [0.5, 0.6) is 5.75 Å². The third kappa shape index (κ3) is 24.0. The summed E-state index contributed by atoms with van der Waals surface area (Å²) in [5.41, 5.74) is 23.4. The van der Waals surface area contributed by atoms with Crippen LogP contribution in [0, 0.1) is 0 Å². The second kappa shape index (κ2) is 33.6. The van der Waals surface area contributed by atoms with Gasteiger partial charge in [0.25, 0.3) is 0 Å². The Kier molecular flexibility index (Phi) is 27.5. The molecule has 0 aromatic heterocycles. The molecule has 29 heteroatoms. The standard InChI is InChI=1S/C49H66N14O13S2/c50-31(25-77)42(69)60-35(21-38(51)65)47(74)63-37(26-78)44(71)56-22-39(66)55-23-40(67)58-32(12-7-17-54-49(52)53)43(70)57-24-41(68)59-33(18-27-8-3-1-4-9-27)45(72)61-34(19-28-10-5-2-6-11-28)46(73)62-36(48(75)76)20-29-13-15-30(64)16-14-29/h1-6,8-11,13-16,31-37,64,77-78H,7,12,17-26,50H2,(H2,51,65)(H,55,66)(H,56,71)(H,57,70)(H,58,67)(H,59,68)(H,60,69)(H,61,72)(H,62,73)(H,63,74)(H,75,76)(H4,52,53,54)/t31-,32-,33-,34-,35-,36-,37-/m0/s1. The zero-order valence-corrected chi connectivity index (χ0v) is 43.9. The summed E-state index contributed by atoms with van der Waals surface area (Å²) in [5.74, 6) is -10.9. The van der Waals surface area contributed by atoms with Crippen LogP contribution in [-0.4, -0.2) is 161 Å². The van der Waals surface area contributed by atoms with Crippen molar-refractivity contribution in [2.24, 2.45) is 27.9 Å². The maximum atomic E-state index is 14.2. The summed E-state index contributed by atoms with van der Waals surface area (Å²) in [6.07, 6.45) is -0.908. The van der Waals surface area contributed by atoms with E-state index < -0.39 is 133 Å². The van der Waals surface area contributed by atoms with Crippen molar-refractivity contribution in [3.05, 3.63) is 102 Å². The number of nitrogens with zero attached hydrogens (tertiary/aromatic N) is 1. The molecule has 0 fully saturated rings. The predicted octanol–water partition coefficient (Wildman–Crippen LogP) is -5.12. The summed E-state index contributed by atoms with van der Waals surface area (Å²) in [5, 5.41) is 41.4. The molecule has 27 nitrogen and oxygen atoms in total. The van der Waals surface area contributed by atoms with Gasteiger partial charge in [0.1, 0.15) is 42.0 Å². The zero-order chi connectivity index (χ0) is 57.7. The molecular weight excluding hydrogens is 1060 g/mol. The van der Waals surface area contributed by atoms with Crippen molar-refractivity contribution >= 4 is 96.3 Å². The zero-order valence-electron chi connectivity index (χ0n) is 42.1. The lowest BCUT2D eigenvalue weighted by Gasteiger charge is -2.25. The first-order valence-corrected chi connectivity index (χ1v) is 25.4. The van der Waals surface area contributed by atoms with E-state index in [-0.39, 0.29) is 61.9 Å². The van der Waals surface area contributed by atoms with Gasteiger partial charge in [0.05, 0.1) is 32.1 Å². The molecule has 0 unspecified atom stereocenters. The van der Waals surface area contributed by atoms with Gasteiger partial charge < -0.3 is 81.0 Å². The van der Waals surface area contributed by atoms with Crippen LogP contribution in [0.3, 0.4) is 0 Å². The van der Waals surface area contributed by atoms with Crippen LogP contribution < -0.4 is 70.8 Å². The summed E-state index contributed by atoms with van der Waals surface area (Å²) < 4.78 is 0. The van der Waals surface area contributed by atoms with Crippen molar-refractivity contribution < 1.29 is 63.0 Å². The lowest BCUT2D eigenvalue weighted by Crippen LogP contribution is -2.58. The number of carbonyl (C=O) groups excluding carboxylic acids is 10. The molecule has 0 bridgehead atoms. The van der Waals surface area contributed by atoms with Crippen molar-refractivity contribution in [2.45, 2.75) is 80.8 Å². The van der Waals surface area contributed by atoms with Crippen LogP contribution in [0.15, 0.2) is 89.9 Å². The van der Waals surface area contributed by atoms with Gasteiger partial charge in [-0.1, -0.05) is 72.8 Å². The van der Waals surface area contributed by atoms with E-state index in [4.69, 9.17) is 22.9 Å². The molecular formula is C49H66N14O13S2. The molecule has 0 heterocycles. The normalized spacial score (nSPS) is 13.4. The quantitative estimate of drug-likeness (QED) is 0.0117. The largest absolute Gasteiger partial charge is 0.508 e. The highest BCUT2D eigenvalue weighted by Crippen LogP contribution is 2.13. The number of thiol groups is 2. The molecule has 0 spiro atoms. The molecule has 0 saturated carbocycles. The molecule has 78 heavy (non-hydrogen) atoms. The van der Waals surface area contributed by atoms with Crippen LogP contribution in [0.1, 0.15) is 36.0 Å². The Balaban J connectivity index is 1.68. The Hall–Kier alpha value is -8.44. The highest BCUT2D eigenvalue weighted by atomic mass is 32.1. The summed E-state index contributed by atoms with van der Waals surface area (Å²) >= 11 is 7.97. The van der Waals surface area contributed by atoms with Gasteiger partial charge in [-0.25, -0.2) is 4.79 Å². The minimum Gasteiger partial charge on any atom is -0.508 e. The minimum atomic E-state index is -1.51. The number of nitrogens with two attached hydrogens (primary N) is 4. The highest BCUT2D eigenvalue weighted by Gasteiger charge is 2.32. The number of carbonyl (C=O) groups is 11. The van der Waals surface area contributed by atoms with Crippen LogP contribution in [0.25, 0.3) is 0 Å². The third-order valence-electron chi connectivity index (χ3n) is 11.1.